The zero-order valence-corrected chi connectivity index (χ0v) is 14.8. The third-order valence-electron chi connectivity index (χ3n) is 5.36. The number of carbonyl (C=O) groups is 2. The van der Waals surface area contributed by atoms with Gasteiger partial charge in [0, 0.05) is 50.8 Å². The molecule has 2 saturated heterocycles. The van der Waals surface area contributed by atoms with Gasteiger partial charge in [-0.25, -0.2) is 4.79 Å². The average molecular weight is 357 g/mol. The average Bonchev–Trinajstić information content (AvgIpc) is 2.98. The van der Waals surface area contributed by atoms with Crippen molar-refractivity contribution < 1.29 is 14.7 Å². The number of nitrogens with one attached hydrogen (secondary N) is 1. The van der Waals surface area contributed by atoms with E-state index in [-0.39, 0.29) is 18.9 Å². The molecule has 0 saturated carbocycles. The lowest BCUT2D eigenvalue weighted by atomic mass is 9.97. The molecule has 2 aliphatic heterocycles. The van der Waals surface area contributed by atoms with E-state index in [1.807, 2.05) is 13.1 Å². The van der Waals surface area contributed by atoms with Crippen LogP contribution in [0.4, 0.5) is 16.3 Å². The van der Waals surface area contributed by atoms with E-state index in [1.165, 1.54) is 4.90 Å². The monoisotopic (exact) mass is 357 g/mol. The van der Waals surface area contributed by atoms with Gasteiger partial charge in [0.25, 0.3) is 0 Å². The molecule has 2 fully saturated rings. The third kappa shape index (κ3) is 2.90. The van der Waals surface area contributed by atoms with E-state index in [9.17, 15) is 14.7 Å². The molecule has 4 rings (SSSR count). The summed E-state index contributed by atoms with van der Waals surface area (Å²) in [6.45, 7) is 2.46. The van der Waals surface area contributed by atoms with E-state index in [2.05, 4.69) is 27.4 Å². The van der Waals surface area contributed by atoms with Crippen LogP contribution in [0.25, 0.3) is 10.9 Å². The largest absolute Gasteiger partial charge is 0.396 e. The van der Waals surface area contributed by atoms with Crippen LogP contribution in [0.1, 0.15) is 19.3 Å². The topological polar surface area (TPSA) is 90.7 Å². The molecule has 2 aliphatic rings. The summed E-state index contributed by atoms with van der Waals surface area (Å²) in [5.41, 5.74) is 2.08. The first-order valence-electron chi connectivity index (χ1n) is 9.00. The van der Waals surface area contributed by atoms with Gasteiger partial charge in [0.05, 0.1) is 5.52 Å². The van der Waals surface area contributed by atoms with Crippen LogP contribution in [0.5, 0.6) is 0 Å². The second kappa shape index (κ2) is 6.60. The number of urea groups is 1. The van der Waals surface area contributed by atoms with Gasteiger partial charge in [0.2, 0.25) is 5.91 Å². The summed E-state index contributed by atoms with van der Waals surface area (Å²) >= 11 is 0. The van der Waals surface area contributed by atoms with Gasteiger partial charge in [-0.1, -0.05) is 0 Å². The molecule has 8 nitrogen and oxygen atoms in total. The third-order valence-corrected chi connectivity index (χ3v) is 5.36. The summed E-state index contributed by atoms with van der Waals surface area (Å²) < 4.78 is 1.78. The second-order valence-electron chi connectivity index (χ2n) is 7.02. The first-order chi connectivity index (χ1) is 12.6. The van der Waals surface area contributed by atoms with E-state index in [4.69, 9.17) is 0 Å². The fourth-order valence-electron chi connectivity index (χ4n) is 3.76. The van der Waals surface area contributed by atoms with E-state index >= 15 is 0 Å². The minimum absolute atomic E-state index is 0.250. The fourth-order valence-corrected chi connectivity index (χ4v) is 3.76. The number of fused-ring (bicyclic) bond motifs is 1. The van der Waals surface area contributed by atoms with Crippen molar-refractivity contribution in [2.75, 3.05) is 36.0 Å². The Kier molecular flexibility index (Phi) is 4.28. The van der Waals surface area contributed by atoms with Crippen LogP contribution in [0, 0.1) is 5.92 Å². The van der Waals surface area contributed by atoms with Crippen LogP contribution in [0.15, 0.2) is 18.2 Å². The smallest absolute Gasteiger partial charge is 0.329 e. The minimum Gasteiger partial charge on any atom is -0.396 e. The van der Waals surface area contributed by atoms with E-state index in [0.717, 1.165) is 42.5 Å². The summed E-state index contributed by atoms with van der Waals surface area (Å²) in [5.74, 6) is 0.733. The number of rotatable bonds is 3. The Bertz CT molecular complexity index is 854. The van der Waals surface area contributed by atoms with Crippen molar-refractivity contribution in [3.8, 4) is 0 Å². The maximum absolute atomic E-state index is 12.1. The second-order valence-corrected chi connectivity index (χ2v) is 7.02. The number of aliphatic hydroxyl groups excluding tert-OH is 1. The van der Waals surface area contributed by atoms with Crippen LogP contribution >= 0.6 is 0 Å². The predicted molar refractivity (Wildman–Crippen MR) is 98.2 cm³/mol. The molecule has 1 aromatic carbocycles. The molecule has 3 amide bonds. The number of hydrogen-bond donors (Lipinski definition) is 2. The van der Waals surface area contributed by atoms with Gasteiger partial charge < -0.3 is 10.0 Å². The molecular weight excluding hydrogens is 334 g/mol. The molecular formula is C18H23N5O3. The summed E-state index contributed by atoms with van der Waals surface area (Å²) in [5, 5.41) is 17.1. The number of aliphatic hydroxyl groups is 1. The van der Waals surface area contributed by atoms with Crippen molar-refractivity contribution in [2.45, 2.75) is 19.3 Å². The standard InChI is InChI=1S/C18H23N5O3/c1-21-15-10-13(22-7-4-12(11-24)5-8-22)2-3-14(15)17(20-21)23-9-6-16(25)19-18(23)26/h2-3,10,12,24H,4-9,11H2,1H3,(H,19,25,26). The molecule has 26 heavy (non-hydrogen) atoms. The molecule has 8 heteroatoms. The first kappa shape index (κ1) is 16.8. The van der Waals surface area contributed by atoms with Gasteiger partial charge >= 0.3 is 6.03 Å². The molecule has 138 valence electrons. The van der Waals surface area contributed by atoms with Crippen LogP contribution in [0.2, 0.25) is 0 Å². The molecule has 2 aromatic rings. The van der Waals surface area contributed by atoms with Crippen LogP contribution < -0.4 is 15.1 Å². The van der Waals surface area contributed by atoms with Crippen molar-refractivity contribution in [2.24, 2.45) is 13.0 Å². The molecule has 0 bridgehead atoms. The highest BCUT2D eigenvalue weighted by molar-refractivity contribution is 6.09. The van der Waals surface area contributed by atoms with E-state index in [1.54, 1.807) is 4.68 Å². The molecule has 0 atom stereocenters. The highest BCUT2D eigenvalue weighted by Gasteiger charge is 2.28. The Morgan fingerprint density at radius 2 is 2.00 bits per heavy atom. The molecule has 0 spiro atoms. The highest BCUT2D eigenvalue weighted by Crippen LogP contribution is 2.31. The van der Waals surface area contributed by atoms with Crippen LogP contribution in [-0.2, 0) is 11.8 Å². The van der Waals surface area contributed by atoms with Crippen molar-refractivity contribution >= 4 is 34.3 Å². The number of imide groups is 1. The van der Waals surface area contributed by atoms with Gasteiger partial charge in [-0.2, -0.15) is 5.10 Å². The van der Waals surface area contributed by atoms with Crippen molar-refractivity contribution in [3.63, 3.8) is 0 Å². The number of benzene rings is 1. The fraction of sp³-hybridized carbons (Fsp3) is 0.500. The van der Waals surface area contributed by atoms with Gasteiger partial charge in [0.1, 0.15) is 0 Å². The Hall–Kier alpha value is -2.61. The number of aryl methyl sites for hydroxylation is 1. The molecule has 2 N–H and O–H groups in total. The number of piperidine rings is 1. The molecule has 0 unspecified atom stereocenters. The quantitative estimate of drug-likeness (QED) is 0.862. The Balaban J connectivity index is 1.63. The number of carbonyl (C=O) groups excluding carboxylic acids is 2. The summed E-state index contributed by atoms with van der Waals surface area (Å²) in [6.07, 6.45) is 2.27. The normalized spacial score (nSPS) is 19.3. The minimum atomic E-state index is -0.420. The highest BCUT2D eigenvalue weighted by atomic mass is 16.3. The molecule has 0 radical (unpaired) electrons. The van der Waals surface area contributed by atoms with E-state index < -0.39 is 6.03 Å². The zero-order chi connectivity index (χ0) is 18.3. The molecule has 1 aromatic heterocycles. The maximum atomic E-state index is 12.1. The van der Waals surface area contributed by atoms with Crippen molar-refractivity contribution in [1.82, 2.24) is 15.1 Å². The number of amides is 3. The molecule has 0 aliphatic carbocycles. The number of nitrogens with zero attached hydrogens (tertiary/aromatic N) is 4. The maximum Gasteiger partial charge on any atom is 0.329 e. The Labute approximate surface area is 151 Å². The number of aromatic nitrogens is 2. The summed E-state index contributed by atoms with van der Waals surface area (Å²) in [7, 11) is 1.86. The Morgan fingerprint density at radius 1 is 1.23 bits per heavy atom. The number of hydrogen-bond acceptors (Lipinski definition) is 5. The van der Waals surface area contributed by atoms with Gasteiger partial charge in [-0.3, -0.25) is 19.7 Å². The SMILES string of the molecule is Cn1nc(N2CCC(=O)NC2=O)c2ccc(N3CCC(CO)CC3)cc21. The summed E-state index contributed by atoms with van der Waals surface area (Å²) in [4.78, 5) is 27.4. The van der Waals surface area contributed by atoms with Gasteiger partial charge in [0.15, 0.2) is 5.82 Å². The van der Waals surface area contributed by atoms with Gasteiger partial charge in [-0.05, 0) is 37.0 Å². The van der Waals surface area contributed by atoms with Crippen molar-refractivity contribution in [3.05, 3.63) is 18.2 Å². The Morgan fingerprint density at radius 3 is 2.69 bits per heavy atom. The lowest BCUT2D eigenvalue weighted by Crippen LogP contribution is -2.49. The lowest BCUT2D eigenvalue weighted by molar-refractivity contribution is -0.120. The van der Waals surface area contributed by atoms with Crippen molar-refractivity contribution in [1.29, 1.82) is 0 Å². The van der Waals surface area contributed by atoms with Crippen LogP contribution in [0.3, 0.4) is 0 Å². The lowest BCUT2D eigenvalue weighted by Gasteiger charge is -2.33. The summed E-state index contributed by atoms with van der Waals surface area (Å²) in [6, 6.07) is 5.73. The number of anilines is 2. The zero-order valence-electron chi connectivity index (χ0n) is 14.8. The molecule has 3 heterocycles. The van der Waals surface area contributed by atoms with Gasteiger partial charge in [-0.15, -0.1) is 0 Å². The van der Waals surface area contributed by atoms with E-state index in [0.29, 0.717) is 18.3 Å². The first-order valence-corrected chi connectivity index (χ1v) is 9.00. The van der Waals surface area contributed by atoms with Crippen LogP contribution in [-0.4, -0.2) is 53.1 Å². The predicted octanol–water partition coefficient (Wildman–Crippen LogP) is 1.23.